The number of carbonyl (C=O) groups is 1. The molecule has 0 aliphatic heterocycles. The highest BCUT2D eigenvalue weighted by atomic mass is 16.6. The number of rotatable bonds is 24. The van der Waals surface area contributed by atoms with Gasteiger partial charge in [0.15, 0.2) is 0 Å². The van der Waals surface area contributed by atoms with E-state index in [1.165, 1.54) is 38.5 Å². The van der Waals surface area contributed by atoms with Gasteiger partial charge in [-0.3, -0.25) is 4.79 Å². The van der Waals surface area contributed by atoms with Crippen LogP contribution in [0.1, 0.15) is 91.4 Å². The molecule has 30 heavy (non-hydrogen) atoms. The molecular formula is C24H48O6. The Balaban J connectivity index is 3.21. The van der Waals surface area contributed by atoms with Crippen molar-refractivity contribution in [3.8, 4) is 0 Å². The lowest BCUT2D eigenvalue weighted by atomic mass is 10.1. The lowest BCUT2D eigenvalue weighted by Gasteiger charge is -2.13. The average Bonchev–Trinajstić information content (AvgIpc) is 2.73. The largest absolute Gasteiger partial charge is 0.463 e. The zero-order valence-electron chi connectivity index (χ0n) is 20.0. The summed E-state index contributed by atoms with van der Waals surface area (Å²) in [5, 5.41) is 0. The number of esters is 1. The van der Waals surface area contributed by atoms with E-state index in [1.807, 2.05) is 6.92 Å². The van der Waals surface area contributed by atoms with E-state index in [9.17, 15) is 4.79 Å². The fourth-order valence-electron chi connectivity index (χ4n) is 2.91. The monoisotopic (exact) mass is 432 g/mol. The first-order valence-electron chi connectivity index (χ1n) is 12.2. The van der Waals surface area contributed by atoms with Crippen LogP contribution in [0.25, 0.3) is 0 Å². The second-order valence-corrected chi connectivity index (χ2v) is 7.76. The van der Waals surface area contributed by atoms with Crippen LogP contribution in [0.5, 0.6) is 0 Å². The summed E-state index contributed by atoms with van der Waals surface area (Å²) >= 11 is 0. The van der Waals surface area contributed by atoms with Crippen molar-refractivity contribution in [1.82, 2.24) is 0 Å². The van der Waals surface area contributed by atoms with Gasteiger partial charge < -0.3 is 23.7 Å². The van der Waals surface area contributed by atoms with Crippen LogP contribution in [0.4, 0.5) is 0 Å². The molecule has 0 aromatic heterocycles. The first-order chi connectivity index (χ1) is 14.7. The topological polar surface area (TPSA) is 63.2 Å². The molecular weight excluding hydrogens is 384 g/mol. The third-order valence-electron chi connectivity index (χ3n) is 4.72. The maximum Gasteiger partial charge on any atom is 0.306 e. The van der Waals surface area contributed by atoms with Crippen molar-refractivity contribution in [3.05, 3.63) is 0 Å². The van der Waals surface area contributed by atoms with E-state index in [2.05, 4.69) is 13.8 Å². The van der Waals surface area contributed by atoms with Crippen molar-refractivity contribution >= 4 is 5.97 Å². The zero-order valence-corrected chi connectivity index (χ0v) is 20.0. The second kappa shape index (κ2) is 24.6. The Morgan fingerprint density at radius 1 is 0.600 bits per heavy atom. The molecule has 0 amide bonds. The smallest absolute Gasteiger partial charge is 0.306 e. The summed E-state index contributed by atoms with van der Waals surface area (Å²) in [4.78, 5) is 11.8. The minimum Gasteiger partial charge on any atom is -0.463 e. The second-order valence-electron chi connectivity index (χ2n) is 7.76. The van der Waals surface area contributed by atoms with Crippen LogP contribution in [0.15, 0.2) is 0 Å². The van der Waals surface area contributed by atoms with Crippen LogP contribution in [0, 0.1) is 0 Å². The van der Waals surface area contributed by atoms with Crippen molar-refractivity contribution in [2.24, 2.45) is 0 Å². The molecule has 0 radical (unpaired) electrons. The van der Waals surface area contributed by atoms with Crippen molar-refractivity contribution in [2.45, 2.75) is 97.5 Å². The van der Waals surface area contributed by atoms with Crippen molar-refractivity contribution < 1.29 is 28.5 Å². The lowest BCUT2D eigenvalue weighted by molar-refractivity contribution is -0.149. The van der Waals surface area contributed by atoms with Gasteiger partial charge in [-0.05, 0) is 32.6 Å². The van der Waals surface area contributed by atoms with E-state index in [0.29, 0.717) is 59.1 Å². The van der Waals surface area contributed by atoms with Crippen molar-refractivity contribution in [2.75, 3.05) is 52.9 Å². The SMILES string of the molecule is CCCCCCOCCOCCOCCOCCCC(=O)OC(C)CCCCCC. The molecule has 0 rings (SSSR count). The van der Waals surface area contributed by atoms with Gasteiger partial charge in [-0.15, -0.1) is 0 Å². The van der Waals surface area contributed by atoms with Crippen molar-refractivity contribution in [1.29, 1.82) is 0 Å². The van der Waals surface area contributed by atoms with Gasteiger partial charge in [0.25, 0.3) is 0 Å². The number of hydrogen-bond donors (Lipinski definition) is 0. The number of ether oxygens (including phenoxy) is 5. The van der Waals surface area contributed by atoms with Gasteiger partial charge in [0.2, 0.25) is 0 Å². The molecule has 0 saturated carbocycles. The van der Waals surface area contributed by atoms with E-state index in [-0.39, 0.29) is 12.1 Å². The first kappa shape index (κ1) is 29.3. The average molecular weight is 433 g/mol. The number of hydrogen-bond acceptors (Lipinski definition) is 6. The van der Waals surface area contributed by atoms with Gasteiger partial charge >= 0.3 is 5.97 Å². The van der Waals surface area contributed by atoms with Gasteiger partial charge in [-0.25, -0.2) is 0 Å². The molecule has 1 unspecified atom stereocenters. The van der Waals surface area contributed by atoms with Gasteiger partial charge in [0, 0.05) is 19.6 Å². The van der Waals surface area contributed by atoms with E-state index in [1.54, 1.807) is 0 Å². The molecule has 0 saturated heterocycles. The van der Waals surface area contributed by atoms with E-state index >= 15 is 0 Å². The highest BCUT2D eigenvalue weighted by molar-refractivity contribution is 5.69. The molecule has 0 aliphatic rings. The van der Waals surface area contributed by atoms with E-state index in [0.717, 1.165) is 25.9 Å². The Morgan fingerprint density at radius 3 is 1.60 bits per heavy atom. The van der Waals surface area contributed by atoms with E-state index < -0.39 is 0 Å². The molecule has 0 heterocycles. The Kier molecular flexibility index (Phi) is 24.0. The van der Waals surface area contributed by atoms with Gasteiger partial charge in [-0.2, -0.15) is 0 Å². The molecule has 0 aromatic rings. The molecule has 0 N–H and O–H groups in total. The fraction of sp³-hybridized carbons (Fsp3) is 0.958. The molecule has 0 aromatic carbocycles. The van der Waals surface area contributed by atoms with Crippen LogP contribution < -0.4 is 0 Å². The quantitative estimate of drug-likeness (QED) is 0.152. The van der Waals surface area contributed by atoms with Gasteiger partial charge in [0.1, 0.15) is 0 Å². The summed E-state index contributed by atoms with van der Waals surface area (Å²) in [6.07, 6.45) is 11.8. The van der Waals surface area contributed by atoms with Crippen LogP contribution >= 0.6 is 0 Å². The molecule has 0 fully saturated rings. The zero-order chi connectivity index (χ0) is 22.1. The molecule has 180 valence electrons. The summed E-state index contributed by atoms with van der Waals surface area (Å²) in [6, 6.07) is 0. The Labute approximate surface area is 185 Å². The minimum atomic E-state index is -0.125. The Hall–Kier alpha value is -0.690. The highest BCUT2D eigenvalue weighted by Gasteiger charge is 2.09. The Morgan fingerprint density at radius 2 is 1.07 bits per heavy atom. The molecule has 1 atom stereocenters. The number of carbonyl (C=O) groups excluding carboxylic acids is 1. The lowest BCUT2D eigenvalue weighted by Crippen LogP contribution is -2.15. The van der Waals surface area contributed by atoms with Crippen LogP contribution in [-0.4, -0.2) is 64.9 Å². The predicted octanol–water partition coefficient (Wildman–Crippen LogP) is 5.32. The van der Waals surface area contributed by atoms with Crippen LogP contribution in [0.2, 0.25) is 0 Å². The third kappa shape index (κ3) is 23.6. The standard InChI is InChI=1S/C24H48O6/c1-4-6-8-10-13-23(3)30-24(25)14-12-16-27-18-20-29-22-21-28-19-17-26-15-11-9-7-5-2/h23H,4-22H2,1-3H3. The summed E-state index contributed by atoms with van der Waals surface area (Å²) in [6.45, 7) is 11.2. The Bertz CT molecular complexity index is 351. The van der Waals surface area contributed by atoms with Crippen LogP contribution in [-0.2, 0) is 28.5 Å². The van der Waals surface area contributed by atoms with Gasteiger partial charge in [-0.1, -0.05) is 52.4 Å². The number of unbranched alkanes of at least 4 members (excludes halogenated alkanes) is 6. The molecule has 6 heteroatoms. The third-order valence-corrected chi connectivity index (χ3v) is 4.72. The summed E-state index contributed by atoms with van der Waals surface area (Å²) in [5.74, 6) is -0.125. The molecule has 0 bridgehead atoms. The fourth-order valence-corrected chi connectivity index (χ4v) is 2.91. The normalized spacial score (nSPS) is 12.2. The predicted molar refractivity (Wildman–Crippen MR) is 121 cm³/mol. The molecule has 6 nitrogen and oxygen atoms in total. The first-order valence-corrected chi connectivity index (χ1v) is 12.2. The van der Waals surface area contributed by atoms with Crippen LogP contribution in [0.3, 0.4) is 0 Å². The highest BCUT2D eigenvalue weighted by Crippen LogP contribution is 2.09. The molecule has 0 aliphatic carbocycles. The minimum absolute atomic E-state index is 0.0169. The maximum absolute atomic E-state index is 11.8. The maximum atomic E-state index is 11.8. The van der Waals surface area contributed by atoms with E-state index in [4.69, 9.17) is 23.7 Å². The van der Waals surface area contributed by atoms with Gasteiger partial charge in [0.05, 0.1) is 45.7 Å². The summed E-state index contributed by atoms with van der Waals surface area (Å²) in [5.41, 5.74) is 0. The van der Waals surface area contributed by atoms with Crippen molar-refractivity contribution in [3.63, 3.8) is 0 Å². The molecule has 0 spiro atoms. The summed E-state index contributed by atoms with van der Waals surface area (Å²) < 4.78 is 27.3. The summed E-state index contributed by atoms with van der Waals surface area (Å²) in [7, 11) is 0.